The third-order valence-electron chi connectivity index (χ3n) is 5.61. The van der Waals surface area contributed by atoms with Crippen LogP contribution in [0.25, 0.3) is 0 Å². The number of ether oxygens (including phenoxy) is 1. The molecule has 0 aromatic heterocycles. The van der Waals surface area contributed by atoms with Crippen LogP contribution in [0.15, 0.2) is 0 Å². The van der Waals surface area contributed by atoms with Gasteiger partial charge in [0.05, 0.1) is 0 Å². The van der Waals surface area contributed by atoms with Crippen molar-refractivity contribution in [3.63, 3.8) is 0 Å². The van der Waals surface area contributed by atoms with E-state index in [2.05, 4.69) is 0 Å². The van der Waals surface area contributed by atoms with Gasteiger partial charge in [-0.15, -0.1) is 0 Å². The Bertz CT molecular complexity index is 316. The van der Waals surface area contributed by atoms with Crippen LogP contribution in [0, 0.1) is 0 Å². The van der Waals surface area contributed by atoms with Gasteiger partial charge in [0, 0.05) is 32.8 Å². The van der Waals surface area contributed by atoms with Crippen molar-refractivity contribution in [2.24, 2.45) is 0 Å². The first-order valence-electron chi connectivity index (χ1n) is 9.99. The van der Waals surface area contributed by atoms with E-state index in [0.29, 0.717) is 12.8 Å². The molecule has 0 saturated heterocycles. The van der Waals surface area contributed by atoms with Crippen LogP contribution in [-0.2, 0) is 19.4 Å². The fourth-order valence-electron chi connectivity index (χ4n) is 3.90. The van der Waals surface area contributed by atoms with E-state index in [-0.39, 0.29) is 0 Å². The Balaban J connectivity index is 1.93. The molecule has 0 aromatic carbocycles. The van der Waals surface area contributed by atoms with Crippen molar-refractivity contribution in [2.45, 2.75) is 114 Å². The molecule has 0 spiro atoms. The molecule has 0 radical (unpaired) electrons. The van der Waals surface area contributed by atoms with E-state index in [4.69, 9.17) is 19.4 Å². The van der Waals surface area contributed by atoms with Crippen LogP contribution in [0.1, 0.15) is 103 Å². The molecule has 24 heavy (non-hydrogen) atoms. The first-order chi connectivity index (χ1) is 11.7. The summed E-state index contributed by atoms with van der Waals surface area (Å²) < 4.78 is 5.61. The monoisotopic (exact) mass is 344 g/mol. The lowest BCUT2D eigenvalue weighted by molar-refractivity contribution is -0.548. The Morgan fingerprint density at radius 1 is 0.542 bits per heavy atom. The van der Waals surface area contributed by atoms with Crippen LogP contribution in [0.4, 0.5) is 0 Å². The van der Waals surface area contributed by atoms with E-state index in [1.54, 1.807) is 7.11 Å². The van der Waals surface area contributed by atoms with Crippen molar-refractivity contribution in [3.8, 4) is 0 Å². The van der Waals surface area contributed by atoms with Crippen LogP contribution in [-0.4, -0.2) is 23.9 Å². The highest BCUT2D eigenvalue weighted by atomic mass is 17.3. The Labute approximate surface area is 146 Å². The lowest BCUT2D eigenvalue weighted by Gasteiger charge is -2.38. The highest BCUT2D eigenvalue weighted by Crippen LogP contribution is 2.36. The molecule has 2 fully saturated rings. The maximum atomic E-state index is 9.59. The summed E-state index contributed by atoms with van der Waals surface area (Å²) in [6, 6.07) is 0. The molecule has 5 heteroatoms. The highest BCUT2D eigenvalue weighted by Gasteiger charge is 2.40. The molecule has 0 unspecified atom stereocenters. The van der Waals surface area contributed by atoms with E-state index in [9.17, 15) is 5.26 Å². The highest BCUT2D eigenvalue weighted by molar-refractivity contribution is 4.75. The summed E-state index contributed by atoms with van der Waals surface area (Å²) in [6.07, 6.45) is 17.0. The van der Waals surface area contributed by atoms with Gasteiger partial charge in [0.25, 0.3) is 0 Å². The van der Waals surface area contributed by atoms with Crippen molar-refractivity contribution in [2.75, 3.05) is 7.11 Å². The Morgan fingerprint density at radius 2 is 0.875 bits per heavy atom. The van der Waals surface area contributed by atoms with Crippen molar-refractivity contribution in [1.29, 1.82) is 0 Å². The summed E-state index contributed by atoms with van der Waals surface area (Å²) in [6.45, 7) is 0. The molecule has 0 aromatic rings. The summed E-state index contributed by atoms with van der Waals surface area (Å²) in [4.78, 5) is 16.4. The van der Waals surface area contributed by atoms with E-state index < -0.39 is 11.6 Å². The average Bonchev–Trinajstić information content (AvgIpc) is 2.62. The fraction of sp³-hybridized carbons (Fsp3) is 1.00. The molecule has 2 saturated carbocycles. The summed E-state index contributed by atoms with van der Waals surface area (Å²) in [5.41, 5.74) is 0. The molecule has 142 valence electrons. The van der Waals surface area contributed by atoms with E-state index in [1.807, 2.05) is 0 Å². The molecule has 2 aliphatic rings. The second-order valence-corrected chi connectivity index (χ2v) is 7.53. The third-order valence-corrected chi connectivity index (χ3v) is 5.61. The molecule has 0 aliphatic heterocycles. The quantitative estimate of drug-likeness (QED) is 0.392. The SMILES string of the molecule is COC1(OOC2(OO)CCCCCCCCCCC2)CCCCC1. The van der Waals surface area contributed by atoms with Gasteiger partial charge in [0.2, 0.25) is 11.6 Å². The van der Waals surface area contributed by atoms with Gasteiger partial charge in [0.1, 0.15) is 0 Å². The van der Waals surface area contributed by atoms with Gasteiger partial charge in [-0.3, -0.25) is 0 Å². The zero-order chi connectivity index (χ0) is 17.1. The van der Waals surface area contributed by atoms with Crippen LogP contribution in [0.2, 0.25) is 0 Å². The number of methoxy groups -OCH3 is 1. The van der Waals surface area contributed by atoms with Gasteiger partial charge in [-0.2, -0.15) is 9.78 Å². The minimum Gasteiger partial charge on any atom is -0.351 e. The summed E-state index contributed by atoms with van der Waals surface area (Å²) in [5.74, 6) is -1.74. The Kier molecular flexibility index (Phi) is 8.98. The Hall–Kier alpha value is -0.200. The van der Waals surface area contributed by atoms with Crippen molar-refractivity contribution in [1.82, 2.24) is 0 Å². The van der Waals surface area contributed by atoms with Crippen LogP contribution in [0.5, 0.6) is 0 Å². The molecule has 0 atom stereocenters. The predicted molar refractivity (Wildman–Crippen MR) is 92.2 cm³/mol. The van der Waals surface area contributed by atoms with Gasteiger partial charge in [0.15, 0.2) is 0 Å². The molecule has 0 bridgehead atoms. The molecule has 2 aliphatic carbocycles. The normalized spacial score (nSPS) is 26.2. The van der Waals surface area contributed by atoms with Crippen molar-refractivity contribution >= 4 is 0 Å². The zero-order valence-corrected chi connectivity index (χ0v) is 15.4. The Morgan fingerprint density at radius 3 is 1.29 bits per heavy atom. The second kappa shape index (κ2) is 10.7. The summed E-state index contributed by atoms with van der Waals surface area (Å²) >= 11 is 0. The zero-order valence-electron chi connectivity index (χ0n) is 15.4. The molecular weight excluding hydrogens is 308 g/mol. The smallest absolute Gasteiger partial charge is 0.233 e. The lowest BCUT2D eigenvalue weighted by Crippen LogP contribution is -2.43. The number of hydrogen-bond donors (Lipinski definition) is 1. The molecule has 0 heterocycles. The van der Waals surface area contributed by atoms with Gasteiger partial charge in [-0.05, 0) is 25.7 Å². The van der Waals surface area contributed by atoms with Gasteiger partial charge in [-0.25, -0.2) is 10.1 Å². The molecule has 5 nitrogen and oxygen atoms in total. The van der Waals surface area contributed by atoms with Crippen molar-refractivity contribution in [3.05, 3.63) is 0 Å². The third kappa shape index (κ3) is 6.26. The second-order valence-electron chi connectivity index (χ2n) is 7.53. The van der Waals surface area contributed by atoms with Crippen LogP contribution >= 0.6 is 0 Å². The minimum atomic E-state index is -1.05. The first kappa shape index (κ1) is 20.1. The topological polar surface area (TPSA) is 57.2 Å². The van der Waals surface area contributed by atoms with Crippen molar-refractivity contribution < 1.29 is 24.7 Å². The molecular formula is C19H36O5. The molecule has 1 N–H and O–H groups in total. The first-order valence-corrected chi connectivity index (χ1v) is 9.99. The standard InChI is InChI=1S/C19H36O5/c1-21-18(14-12-9-13-15-18)23-24-19(22-20)16-10-7-5-3-2-4-6-8-11-17-19/h20H,2-17H2,1H3. The minimum absolute atomic E-state index is 0.656. The van der Waals surface area contributed by atoms with E-state index in [1.165, 1.54) is 38.5 Å². The van der Waals surface area contributed by atoms with Gasteiger partial charge >= 0.3 is 0 Å². The maximum Gasteiger partial charge on any atom is 0.233 e. The van der Waals surface area contributed by atoms with E-state index >= 15 is 0 Å². The fourth-order valence-corrected chi connectivity index (χ4v) is 3.90. The predicted octanol–water partition coefficient (Wildman–Crippen LogP) is 5.73. The van der Waals surface area contributed by atoms with E-state index in [0.717, 1.165) is 51.4 Å². The van der Waals surface area contributed by atoms with Gasteiger partial charge < -0.3 is 4.74 Å². The number of hydrogen-bond acceptors (Lipinski definition) is 5. The molecule has 0 amide bonds. The van der Waals surface area contributed by atoms with Crippen LogP contribution < -0.4 is 0 Å². The average molecular weight is 344 g/mol. The largest absolute Gasteiger partial charge is 0.351 e. The number of rotatable bonds is 5. The summed E-state index contributed by atoms with van der Waals surface area (Å²) in [7, 11) is 1.67. The summed E-state index contributed by atoms with van der Waals surface area (Å²) in [5, 5.41) is 9.59. The maximum absolute atomic E-state index is 9.59. The molecule has 2 rings (SSSR count). The van der Waals surface area contributed by atoms with Gasteiger partial charge in [-0.1, -0.05) is 51.4 Å². The van der Waals surface area contributed by atoms with Crippen LogP contribution in [0.3, 0.4) is 0 Å². The lowest BCUT2D eigenvalue weighted by atomic mass is 9.94.